The molecule has 5 nitrogen and oxygen atoms in total. The first-order chi connectivity index (χ1) is 10.2. The van der Waals surface area contributed by atoms with Gasteiger partial charge in [0.1, 0.15) is 11.6 Å². The SMILES string of the molecule is COc1ccc(F)c(C2NC(=O)C[C@@H]2NC(=O)C(C)(F)F)c1. The van der Waals surface area contributed by atoms with E-state index in [4.69, 9.17) is 4.74 Å². The van der Waals surface area contributed by atoms with Crippen molar-refractivity contribution in [2.75, 3.05) is 7.11 Å². The number of hydrogen-bond acceptors (Lipinski definition) is 3. The van der Waals surface area contributed by atoms with E-state index >= 15 is 0 Å². The summed E-state index contributed by atoms with van der Waals surface area (Å²) in [7, 11) is 1.39. The number of carbonyl (C=O) groups excluding carboxylic acids is 2. The standard InChI is InChI=1S/C14H15F3N2O3/c1-14(16,17)13(21)18-10-6-11(20)19-12(10)8-5-7(22-2)3-4-9(8)15/h3-5,10,12H,6H2,1-2H3,(H,18,21)(H,19,20)/t10-,12?/m0/s1. The minimum absolute atomic E-state index is 0.0647. The summed E-state index contributed by atoms with van der Waals surface area (Å²) >= 11 is 0. The lowest BCUT2D eigenvalue weighted by molar-refractivity contribution is -0.143. The average Bonchev–Trinajstić information content (AvgIpc) is 2.79. The fraction of sp³-hybridized carbons (Fsp3) is 0.429. The molecule has 8 heteroatoms. The predicted octanol–water partition coefficient (Wildman–Crippen LogP) is 1.54. The van der Waals surface area contributed by atoms with Crippen molar-refractivity contribution in [1.82, 2.24) is 10.6 Å². The van der Waals surface area contributed by atoms with Crippen molar-refractivity contribution in [2.24, 2.45) is 0 Å². The maximum absolute atomic E-state index is 14.0. The number of hydrogen-bond donors (Lipinski definition) is 2. The summed E-state index contributed by atoms with van der Waals surface area (Å²) in [5, 5.41) is 4.56. The molecule has 0 aromatic heterocycles. The summed E-state index contributed by atoms with van der Waals surface area (Å²) in [6.07, 6.45) is -0.205. The quantitative estimate of drug-likeness (QED) is 0.885. The van der Waals surface area contributed by atoms with Gasteiger partial charge in [-0.05, 0) is 18.2 Å². The van der Waals surface area contributed by atoms with E-state index in [0.29, 0.717) is 12.7 Å². The van der Waals surface area contributed by atoms with E-state index in [2.05, 4.69) is 10.6 Å². The summed E-state index contributed by atoms with van der Waals surface area (Å²) in [5.41, 5.74) is 0.0647. The van der Waals surface area contributed by atoms with Crippen molar-refractivity contribution in [3.8, 4) is 5.75 Å². The van der Waals surface area contributed by atoms with Crippen LogP contribution >= 0.6 is 0 Å². The van der Waals surface area contributed by atoms with E-state index in [0.717, 1.165) is 6.07 Å². The molecule has 1 saturated heterocycles. The van der Waals surface area contributed by atoms with Gasteiger partial charge in [-0.3, -0.25) is 9.59 Å². The third-order valence-corrected chi connectivity index (χ3v) is 3.38. The average molecular weight is 316 g/mol. The highest BCUT2D eigenvalue weighted by Gasteiger charge is 2.40. The Morgan fingerprint density at radius 3 is 2.73 bits per heavy atom. The number of methoxy groups -OCH3 is 1. The Kier molecular flexibility index (Phi) is 4.30. The molecular formula is C14H15F3N2O3. The van der Waals surface area contributed by atoms with Gasteiger partial charge in [-0.2, -0.15) is 8.78 Å². The van der Waals surface area contributed by atoms with Crippen LogP contribution in [0.1, 0.15) is 24.9 Å². The highest BCUT2D eigenvalue weighted by atomic mass is 19.3. The summed E-state index contributed by atoms with van der Waals surface area (Å²) in [4.78, 5) is 22.9. The van der Waals surface area contributed by atoms with Crippen LogP contribution in [0.3, 0.4) is 0 Å². The highest BCUT2D eigenvalue weighted by molar-refractivity contribution is 5.86. The Balaban J connectivity index is 2.28. The van der Waals surface area contributed by atoms with Gasteiger partial charge in [-0.15, -0.1) is 0 Å². The molecule has 1 aliphatic rings. The van der Waals surface area contributed by atoms with Gasteiger partial charge in [-0.1, -0.05) is 0 Å². The van der Waals surface area contributed by atoms with Gasteiger partial charge in [0, 0.05) is 18.9 Å². The molecule has 2 amide bonds. The van der Waals surface area contributed by atoms with Crippen LogP contribution in [0.25, 0.3) is 0 Å². The van der Waals surface area contributed by atoms with Crippen molar-refractivity contribution in [3.63, 3.8) is 0 Å². The Morgan fingerprint density at radius 2 is 2.14 bits per heavy atom. The molecule has 1 aromatic rings. The largest absolute Gasteiger partial charge is 0.497 e. The van der Waals surface area contributed by atoms with Crippen LogP contribution in [0.2, 0.25) is 0 Å². The number of halogens is 3. The van der Waals surface area contributed by atoms with Crippen LogP contribution in [0.5, 0.6) is 5.75 Å². The van der Waals surface area contributed by atoms with Crippen molar-refractivity contribution in [3.05, 3.63) is 29.6 Å². The van der Waals surface area contributed by atoms with Crippen molar-refractivity contribution >= 4 is 11.8 Å². The Morgan fingerprint density at radius 1 is 1.45 bits per heavy atom. The van der Waals surface area contributed by atoms with Crippen molar-refractivity contribution in [1.29, 1.82) is 0 Å². The normalized spacial score (nSPS) is 21.4. The van der Waals surface area contributed by atoms with Crippen LogP contribution in [-0.4, -0.2) is 30.9 Å². The van der Waals surface area contributed by atoms with Gasteiger partial charge < -0.3 is 15.4 Å². The van der Waals surface area contributed by atoms with E-state index in [1.165, 1.54) is 19.2 Å². The number of carbonyl (C=O) groups is 2. The molecule has 22 heavy (non-hydrogen) atoms. The summed E-state index contributed by atoms with van der Waals surface area (Å²) in [5.74, 6) is -5.83. The molecule has 1 aromatic carbocycles. The molecular weight excluding hydrogens is 301 g/mol. The van der Waals surface area contributed by atoms with Gasteiger partial charge in [0.05, 0.1) is 19.2 Å². The smallest absolute Gasteiger partial charge is 0.321 e. The fourth-order valence-electron chi connectivity index (χ4n) is 2.26. The Hall–Kier alpha value is -2.25. The second-order valence-corrected chi connectivity index (χ2v) is 5.11. The molecule has 1 heterocycles. The van der Waals surface area contributed by atoms with Crippen molar-refractivity contribution in [2.45, 2.75) is 31.4 Å². The van der Waals surface area contributed by atoms with Crippen LogP contribution in [0, 0.1) is 5.82 Å². The topological polar surface area (TPSA) is 67.4 Å². The molecule has 1 aliphatic heterocycles. The van der Waals surface area contributed by atoms with Crippen molar-refractivity contribution < 1.29 is 27.5 Å². The Bertz CT molecular complexity index is 601. The summed E-state index contributed by atoms with van der Waals surface area (Å²) < 4.78 is 44.9. The third-order valence-electron chi connectivity index (χ3n) is 3.38. The van der Waals surface area contributed by atoms with Crippen LogP contribution in [-0.2, 0) is 9.59 Å². The maximum atomic E-state index is 14.0. The molecule has 0 radical (unpaired) electrons. The molecule has 120 valence electrons. The molecule has 0 spiro atoms. The summed E-state index contributed by atoms with van der Waals surface area (Å²) in [6, 6.07) is 1.99. The number of ether oxygens (including phenoxy) is 1. The van der Waals surface area contributed by atoms with Gasteiger partial charge in [0.25, 0.3) is 5.91 Å². The monoisotopic (exact) mass is 316 g/mol. The zero-order chi connectivity index (χ0) is 16.5. The van der Waals surface area contributed by atoms with Gasteiger partial charge in [0.2, 0.25) is 5.91 Å². The predicted molar refractivity (Wildman–Crippen MR) is 71.0 cm³/mol. The lowest BCUT2D eigenvalue weighted by atomic mass is 9.99. The number of amides is 2. The highest BCUT2D eigenvalue weighted by Crippen LogP contribution is 2.30. The zero-order valence-corrected chi connectivity index (χ0v) is 12.0. The zero-order valence-electron chi connectivity index (χ0n) is 12.0. The second-order valence-electron chi connectivity index (χ2n) is 5.11. The summed E-state index contributed by atoms with van der Waals surface area (Å²) in [6.45, 7) is 0.452. The lowest BCUT2D eigenvalue weighted by Gasteiger charge is -2.22. The van der Waals surface area contributed by atoms with Gasteiger partial charge in [-0.25, -0.2) is 4.39 Å². The molecule has 1 fully saturated rings. The number of alkyl halides is 2. The molecule has 0 bridgehead atoms. The number of rotatable bonds is 4. The van der Waals surface area contributed by atoms with E-state index < -0.39 is 35.6 Å². The molecule has 2 N–H and O–H groups in total. The Labute approximate surface area is 124 Å². The minimum atomic E-state index is -3.58. The number of benzene rings is 1. The first kappa shape index (κ1) is 16.1. The molecule has 2 rings (SSSR count). The fourth-order valence-corrected chi connectivity index (χ4v) is 2.26. The van der Waals surface area contributed by atoms with E-state index in [9.17, 15) is 22.8 Å². The first-order valence-electron chi connectivity index (χ1n) is 6.54. The first-order valence-corrected chi connectivity index (χ1v) is 6.54. The third kappa shape index (κ3) is 3.32. The van der Waals surface area contributed by atoms with Gasteiger partial charge >= 0.3 is 5.92 Å². The van der Waals surface area contributed by atoms with Crippen LogP contribution < -0.4 is 15.4 Å². The van der Waals surface area contributed by atoms with E-state index in [-0.39, 0.29) is 12.0 Å². The van der Waals surface area contributed by atoms with Gasteiger partial charge in [0.15, 0.2) is 0 Å². The molecule has 0 saturated carbocycles. The molecule has 0 aliphatic carbocycles. The lowest BCUT2D eigenvalue weighted by Crippen LogP contribution is -2.45. The van der Waals surface area contributed by atoms with Crippen LogP contribution in [0.15, 0.2) is 18.2 Å². The maximum Gasteiger partial charge on any atom is 0.321 e. The second kappa shape index (κ2) is 5.86. The van der Waals surface area contributed by atoms with Crippen LogP contribution in [0.4, 0.5) is 13.2 Å². The molecule has 1 unspecified atom stereocenters. The minimum Gasteiger partial charge on any atom is -0.497 e. The van der Waals surface area contributed by atoms with E-state index in [1.54, 1.807) is 0 Å². The molecule has 2 atom stereocenters. The number of nitrogens with one attached hydrogen (secondary N) is 2. The van der Waals surface area contributed by atoms with E-state index in [1.807, 2.05) is 0 Å².